The second-order valence-electron chi connectivity index (χ2n) is 6.80. The standard InChI is InChI=1S/C20H19N5O2/c1-27-14-3-5-16-15(11-14)19(24-23-16)20-21-17-4-2-12(10-18(17)22-20)25-8-6-13(26)7-9-25/h2-5,10-11H,6-9H2,1H3,(H,21,22)(H,23,24). The van der Waals surface area contributed by atoms with E-state index in [9.17, 15) is 4.79 Å². The molecule has 1 aliphatic rings. The quantitative estimate of drug-likeness (QED) is 0.585. The van der Waals surface area contributed by atoms with Gasteiger partial charge in [0.25, 0.3) is 0 Å². The zero-order valence-corrected chi connectivity index (χ0v) is 15.0. The van der Waals surface area contributed by atoms with Gasteiger partial charge in [-0.1, -0.05) is 0 Å². The monoisotopic (exact) mass is 361 g/mol. The Kier molecular flexibility index (Phi) is 3.60. The molecule has 7 heteroatoms. The molecular formula is C20H19N5O2. The zero-order valence-electron chi connectivity index (χ0n) is 15.0. The molecule has 27 heavy (non-hydrogen) atoms. The third-order valence-corrected chi connectivity index (χ3v) is 5.15. The normalized spacial score (nSPS) is 15.0. The number of benzene rings is 2. The van der Waals surface area contributed by atoms with E-state index in [0.717, 1.165) is 58.0 Å². The highest BCUT2D eigenvalue weighted by molar-refractivity contribution is 5.94. The summed E-state index contributed by atoms with van der Waals surface area (Å²) < 4.78 is 5.33. The number of methoxy groups -OCH3 is 1. The number of nitrogens with one attached hydrogen (secondary N) is 2. The van der Waals surface area contributed by atoms with Crippen LogP contribution in [0.25, 0.3) is 33.5 Å². The number of aromatic amines is 2. The van der Waals surface area contributed by atoms with Gasteiger partial charge in [-0.15, -0.1) is 0 Å². The first kappa shape index (κ1) is 15.9. The number of carbonyl (C=O) groups is 1. The number of Topliss-reactive ketones (excluding diaryl/α,β-unsaturated/α-hetero) is 1. The van der Waals surface area contributed by atoms with Gasteiger partial charge in [-0.25, -0.2) is 4.98 Å². The summed E-state index contributed by atoms with van der Waals surface area (Å²) in [5.74, 6) is 1.84. The Bertz CT molecular complexity index is 1150. The average Bonchev–Trinajstić information content (AvgIpc) is 3.31. The fraction of sp³-hybridized carbons (Fsp3) is 0.250. The predicted molar refractivity (Wildman–Crippen MR) is 104 cm³/mol. The van der Waals surface area contributed by atoms with E-state index >= 15 is 0 Å². The van der Waals surface area contributed by atoms with Crippen molar-refractivity contribution in [3.05, 3.63) is 36.4 Å². The van der Waals surface area contributed by atoms with Gasteiger partial charge < -0.3 is 14.6 Å². The van der Waals surface area contributed by atoms with Gasteiger partial charge in [-0.05, 0) is 36.4 Å². The Hall–Kier alpha value is -3.35. The molecule has 5 rings (SSSR count). The summed E-state index contributed by atoms with van der Waals surface area (Å²) in [4.78, 5) is 21.8. The summed E-state index contributed by atoms with van der Waals surface area (Å²) in [6.07, 6.45) is 1.24. The molecule has 0 atom stereocenters. The second kappa shape index (κ2) is 6.12. The van der Waals surface area contributed by atoms with E-state index in [-0.39, 0.29) is 0 Å². The maximum atomic E-state index is 11.5. The lowest BCUT2D eigenvalue weighted by Crippen LogP contribution is -2.33. The van der Waals surface area contributed by atoms with Crippen LogP contribution in [0.5, 0.6) is 5.75 Å². The first-order valence-corrected chi connectivity index (χ1v) is 9.00. The van der Waals surface area contributed by atoms with Crippen LogP contribution in [0.4, 0.5) is 5.69 Å². The summed E-state index contributed by atoms with van der Waals surface area (Å²) in [5, 5.41) is 8.44. The SMILES string of the molecule is COc1ccc2[nH]nc(-c3nc4ccc(N5CCC(=O)CC5)cc4[nH]3)c2c1. The van der Waals surface area contributed by atoms with E-state index in [4.69, 9.17) is 9.72 Å². The first-order chi connectivity index (χ1) is 13.2. The molecule has 2 aromatic carbocycles. The molecule has 0 aliphatic carbocycles. The van der Waals surface area contributed by atoms with Gasteiger partial charge in [0.15, 0.2) is 5.82 Å². The topological polar surface area (TPSA) is 86.9 Å². The lowest BCUT2D eigenvalue weighted by atomic mass is 10.1. The van der Waals surface area contributed by atoms with Gasteiger partial charge in [0.2, 0.25) is 0 Å². The highest BCUT2D eigenvalue weighted by Gasteiger charge is 2.18. The molecule has 1 saturated heterocycles. The summed E-state index contributed by atoms with van der Waals surface area (Å²) in [6, 6.07) is 12.0. The number of carbonyl (C=O) groups excluding carboxylic acids is 1. The number of aromatic nitrogens is 4. The van der Waals surface area contributed by atoms with Gasteiger partial charge >= 0.3 is 0 Å². The number of fused-ring (bicyclic) bond motifs is 2. The van der Waals surface area contributed by atoms with Crippen molar-refractivity contribution in [3.8, 4) is 17.3 Å². The Morgan fingerprint density at radius 3 is 2.74 bits per heavy atom. The summed E-state index contributed by atoms with van der Waals surface area (Å²) in [5.41, 5.74) is 4.66. The number of H-pyrrole nitrogens is 2. The molecule has 0 amide bonds. The summed E-state index contributed by atoms with van der Waals surface area (Å²) in [6.45, 7) is 1.55. The molecule has 2 aromatic heterocycles. The number of hydrogen-bond donors (Lipinski definition) is 2. The molecule has 1 fully saturated rings. The Morgan fingerprint density at radius 1 is 1.07 bits per heavy atom. The molecule has 0 radical (unpaired) electrons. The van der Waals surface area contributed by atoms with E-state index in [1.54, 1.807) is 7.11 Å². The van der Waals surface area contributed by atoms with E-state index in [0.29, 0.717) is 18.6 Å². The van der Waals surface area contributed by atoms with Gasteiger partial charge in [0.1, 0.15) is 17.2 Å². The minimum Gasteiger partial charge on any atom is -0.497 e. The average molecular weight is 361 g/mol. The van der Waals surface area contributed by atoms with E-state index in [1.807, 2.05) is 24.3 Å². The highest BCUT2D eigenvalue weighted by atomic mass is 16.5. The van der Waals surface area contributed by atoms with Crippen LogP contribution in [0, 0.1) is 0 Å². The Morgan fingerprint density at radius 2 is 1.93 bits per heavy atom. The lowest BCUT2D eigenvalue weighted by molar-refractivity contribution is -0.119. The number of imidazole rings is 1. The molecule has 136 valence electrons. The molecule has 0 unspecified atom stereocenters. The van der Waals surface area contributed by atoms with Crippen LogP contribution in [0.15, 0.2) is 36.4 Å². The first-order valence-electron chi connectivity index (χ1n) is 9.00. The van der Waals surface area contributed by atoms with Gasteiger partial charge in [0.05, 0.1) is 23.7 Å². The van der Waals surface area contributed by atoms with Crippen LogP contribution in [0.2, 0.25) is 0 Å². The molecular weight excluding hydrogens is 342 g/mol. The third kappa shape index (κ3) is 2.71. The summed E-state index contributed by atoms with van der Waals surface area (Å²) >= 11 is 0. The number of ketones is 1. The summed E-state index contributed by atoms with van der Waals surface area (Å²) in [7, 11) is 1.65. The second-order valence-corrected chi connectivity index (χ2v) is 6.80. The number of hydrogen-bond acceptors (Lipinski definition) is 5. The number of rotatable bonds is 3. The Balaban J connectivity index is 1.54. The molecule has 3 heterocycles. The number of ether oxygens (including phenoxy) is 1. The van der Waals surface area contributed by atoms with Gasteiger partial charge in [-0.3, -0.25) is 9.89 Å². The van der Waals surface area contributed by atoms with Crippen LogP contribution < -0.4 is 9.64 Å². The maximum Gasteiger partial charge on any atom is 0.159 e. The smallest absolute Gasteiger partial charge is 0.159 e. The van der Waals surface area contributed by atoms with Crippen molar-refractivity contribution in [1.29, 1.82) is 0 Å². The van der Waals surface area contributed by atoms with Crippen LogP contribution in [-0.4, -0.2) is 46.1 Å². The largest absolute Gasteiger partial charge is 0.497 e. The van der Waals surface area contributed by atoms with Crippen molar-refractivity contribution >= 4 is 33.4 Å². The highest BCUT2D eigenvalue weighted by Crippen LogP contribution is 2.30. The minimum absolute atomic E-state index is 0.344. The van der Waals surface area contributed by atoms with E-state index < -0.39 is 0 Å². The number of piperidine rings is 1. The molecule has 0 saturated carbocycles. The van der Waals surface area contributed by atoms with Crippen molar-refractivity contribution in [2.45, 2.75) is 12.8 Å². The fourth-order valence-electron chi connectivity index (χ4n) is 3.62. The molecule has 7 nitrogen and oxygen atoms in total. The predicted octanol–water partition coefficient (Wildman–Crippen LogP) is 3.28. The van der Waals surface area contributed by atoms with Gasteiger partial charge in [-0.2, -0.15) is 5.10 Å². The number of anilines is 1. The molecule has 0 bridgehead atoms. The minimum atomic E-state index is 0.344. The van der Waals surface area contributed by atoms with E-state index in [2.05, 4.69) is 32.2 Å². The zero-order chi connectivity index (χ0) is 18.4. The maximum absolute atomic E-state index is 11.5. The van der Waals surface area contributed by atoms with Crippen LogP contribution in [0.1, 0.15) is 12.8 Å². The third-order valence-electron chi connectivity index (χ3n) is 5.15. The van der Waals surface area contributed by atoms with E-state index in [1.165, 1.54) is 0 Å². The van der Waals surface area contributed by atoms with Crippen molar-refractivity contribution in [1.82, 2.24) is 20.2 Å². The molecule has 2 N–H and O–H groups in total. The fourth-order valence-corrected chi connectivity index (χ4v) is 3.62. The molecule has 0 spiro atoms. The van der Waals surface area contributed by atoms with Crippen LogP contribution >= 0.6 is 0 Å². The van der Waals surface area contributed by atoms with Crippen molar-refractivity contribution in [2.75, 3.05) is 25.1 Å². The van der Waals surface area contributed by atoms with Crippen molar-refractivity contribution in [2.24, 2.45) is 0 Å². The van der Waals surface area contributed by atoms with Crippen molar-refractivity contribution in [3.63, 3.8) is 0 Å². The van der Waals surface area contributed by atoms with Crippen LogP contribution in [0.3, 0.4) is 0 Å². The lowest BCUT2D eigenvalue weighted by Gasteiger charge is -2.28. The molecule has 1 aliphatic heterocycles. The Labute approximate surface area is 155 Å². The number of nitrogens with zero attached hydrogens (tertiary/aromatic N) is 3. The van der Waals surface area contributed by atoms with Gasteiger partial charge in [0, 0.05) is 37.0 Å². The van der Waals surface area contributed by atoms with Crippen molar-refractivity contribution < 1.29 is 9.53 Å². The molecule has 4 aromatic rings. The van der Waals surface area contributed by atoms with Crippen LogP contribution in [-0.2, 0) is 4.79 Å².